The monoisotopic (exact) mass is 196 g/mol. The maximum atomic E-state index is 11.5. The molecule has 0 aromatic carbocycles. The first-order chi connectivity index (χ1) is 6.75. The first kappa shape index (κ1) is 9.07. The molecule has 0 bridgehead atoms. The minimum absolute atomic E-state index is 0.0968. The number of carbonyl (C=O) groups is 1. The summed E-state index contributed by atoms with van der Waals surface area (Å²) in [5.74, 6) is -0.168. The van der Waals surface area contributed by atoms with Crippen LogP contribution in [0.15, 0.2) is 0 Å². The number of likely N-dealkylation sites (tertiary alicyclic amines) is 1. The van der Waals surface area contributed by atoms with Crippen LogP contribution in [0.5, 0.6) is 0 Å². The Morgan fingerprint density at radius 1 is 1.71 bits per heavy atom. The normalized spacial score (nSPS) is 22.5. The van der Waals surface area contributed by atoms with Crippen LogP contribution in [0.3, 0.4) is 0 Å². The first-order valence-electron chi connectivity index (χ1n) is 4.48. The molecule has 1 aromatic rings. The summed E-state index contributed by atoms with van der Waals surface area (Å²) in [7, 11) is 2.03. The highest BCUT2D eigenvalue weighted by molar-refractivity contribution is 5.90. The molecule has 0 saturated carbocycles. The topological polar surface area (TPSA) is 86.8 Å². The number of tetrazole rings is 1. The molecule has 1 amide bonds. The number of aromatic nitrogens is 4. The Balaban J connectivity index is 1.89. The van der Waals surface area contributed by atoms with Crippen molar-refractivity contribution in [3.63, 3.8) is 0 Å². The van der Waals surface area contributed by atoms with Crippen molar-refractivity contribution in [3.8, 4) is 0 Å². The van der Waals surface area contributed by atoms with Crippen molar-refractivity contribution < 1.29 is 4.79 Å². The number of carbonyl (C=O) groups excluding carboxylic acids is 1. The van der Waals surface area contributed by atoms with Gasteiger partial charge in [0.05, 0.1) is 0 Å². The SMILES string of the molecule is CN1CCC(NC(=O)c2nn[nH]n2)C1. The van der Waals surface area contributed by atoms with E-state index in [0.29, 0.717) is 0 Å². The summed E-state index contributed by atoms with van der Waals surface area (Å²) in [6, 6.07) is 0.200. The molecule has 2 heterocycles. The van der Waals surface area contributed by atoms with Crippen molar-refractivity contribution in [1.82, 2.24) is 30.8 Å². The third kappa shape index (κ3) is 1.87. The number of nitrogens with one attached hydrogen (secondary N) is 2. The van der Waals surface area contributed by atoms with Gasteiger partial charge in [-0.3, -0.25) is 4.79 Å². The van der Waals surface area contributed by atoms with Crippen molar-refractivity contribution in [2.24, 2.45) is 0 Å². The van der Waals surface area contributed by atoms with Crippen LogP contribution in [0.25, 0.3) is 0 Å². The highest BCUT2D eigenvalue weighted by Crippen LogP contribution is 2.06. The Morgan fingerprint density at radius 3 is 3.14 bits per heavy atom. The fraction of sp³-hybridized carbons (Fsp3) is 0.714. The van der Waals surface area contributed by atoms with Gasteiger partial charge < -0.3 is 10.2 Å². The molecule has 14 heavy (non-hydrogen) atoms. The van der Waals surface area contributed by atoms with Gasteiger partial charge in [-0.25, -0.2) is 0 Å². The van der Waals surface area contributed by atoms with Gasteiger partial charge in [0.1, 0.15) is 0 Å². The predicted octanol–water partition coefficient (Wildman–Crippen LogP) is -1.37. The van der Waals surface area contributed by atoms with E-state index in [-0.39, 0.29) is 17.8 Å². The van der Waals surface area contributed by atoms with Crippen LogP contribution in [0.1, 0.15) is 17.0 Å². The zero-order valence-corrected chi connectivity index (χ0v) is 7.90. The summed E-state index contributed by atoms with van der Waals surface area (Å²) in [5, 5.41) is 15.6. The van der Waals surface area contributed by atoms with Gasteiger partial charge in [0, 0.05) is 12.6 Å². The number of H-pyrrole nitrogens is 1. The minimum atomic E-state index is -0.265. The molecule has 2 N–H and O–H groups in total. The summed E-state index contributed by atoms with van der Waals surface area (Å²) in [5.41, 5.74) is 0. The van der Waals surface area contributed by atoms with Gasteiger partial charge in [-0.2, -0.15) is 5.21 Å². The molecular weight excluding hydrogens is 184 g/mol. The fourth-order valence-electron chi connectivity index (χ4n) is 1.56. The van der Waals surface area contributed by atoms with Crippen LogP contribution in [-0.4, -0.2) is 57.6 Å². The van der Waals surface area contributed by atoms with Gasteiger partial charge >= 0.3 is 0 Å². The van der Waals surface area contributed by atoms with Crippen molar-refractivity contribution in [1.29, 1.82) is 0 Å². The number of hydrogen-bond donors (Lipinski definition) is 2. The standard InChI is InChI=1S/C7H12N6O/c1-13-3-2-5(4-13)8-7(14)6-9-11-12-10-6/h5H,2-4H2,1H3,(H,8,14)(H,9,10,11,12). The average Bonchev–Trinajstić information content (AvgIpc) is 2.75. The Labute approximate surface area is 80.9 Å². The van der Waals surface area contributed by atoms with E-state index in [4.69, 9.17) is 0 Å². The lowest BCUT2D eigenvalue weighted by Gasteiger charge is -2.10. The van der Waals surface area contributed by atoms with Crippen LogP contribution >= 0.6 is 0 Å². The molecule has 0 spiro atoms. The second kappa shape index (κ2) is 3.70. The Hall–Kier alpha value is -1.50. The third-order valence-electron chi connectivity index (χ3n) is 2.27. The molecule has 1 unspecified atom stereocenters. The maximum Gasteiger partial charge on any atom is 0.293 e. The highest BCUT2D eigenvalue weighted by atomic mass is 16.2. The van der Waals surface area contributed by atoms with E-state index in [2.05, 4.69) is 30.8 Å². The molecule has 0 aliphatic carbocycles. The molecule has 0 radical (unpaired) electrons. The molecular formula is C7H12N6O. The second-order valence-corrected chi connectivity index (χ2v) is 3.46. The van der Waals surface area contributed by atoms with E-state index in [0.717, 1.165) is 19.5 Å². The van der Waals surface area contributed by atoms with E-state index in [1.807, 2.05) is 7.05 Å². The van der Waals surface area contributed by atoms with Crippen molar-refractivity contribution in [2.45, 2.75) is 12.5 Å². The van der Waals surface area contributed by atoms with E-state index in [1.165, 1.54) is 0 Å². The largest absolute Gasteiger partial charge is 0.345 e. The molecule has 76 valence electrons. The molecule has 1 saturated heterocycles. The van der Waals surface area contributed by atoms with Gasteiger partial charge in [-0.15, -0.1) is 10.2 Å². The fourth-order valence-corrected chi connectivity index (χ4v) is 1.56. The summed E-state index contributed by atoms with van der Waals surface area (Å²) < 4.78 is 0. The summed E-state index contributed by atoms with van der Waals surface area (Å²) in [6.45, 7) is 1.89. The molecule has 7 heteroatoms. The predicted molar refractivity (Wildman–Crippen MR) is 47.5 cm³/mol. The van der Waals surface area contributed by atoms with Crippen molar-refractivity contribution >= 4 is 5.91 Å². The molecule has 1 aliphatic heterocycles. The van der Waals surface area contributed by atoms with Crippen molar-refractivity contribution in [2.75, 3.05) is 20.1 Å². The van der Waals surface area contributed by atoms with Gasteiger partial charge in [0.2, 0.25) is 0 Å². The smallest absolute Gasteiger partial charge is 0.293 e. The minimum Gasteiger partial charge on any atom is -0.345 e. The van der Waals surface area contributed by atoms with E-state index in [1.54, 1.807) is 0 Å². The molecule has 1 aliphatic rings. The Morgan fingerprint density at radius 2 is 2.57 bits per heavy atom. The molecule has 2 rings (SSSR count). The highest BCUT2D eigenvalue weighted by Gasteiger charge is 2.22. The molecule has 7 nitrogen and oxygen atoms in total. The number of rotatable bonds is 2. The number of likely N-dealkylation sites (N-methyl/N-ethyl adjacent to an activating group) is 1. The number of hydrogen-bond acceptors (Lipinski definition) is 5. The van der Waals surface area contributed by atoms with E-state index >= 15 is 0 Å². The van der Waals surface area contributed by atoms with Gasteiger partial charge in [0.15, 0.2) is 0 Å². The number of nitrogens with zero attached hydrogens (tertiary/aromatic N) is 4. The second-order valence-electron chi connectivity index (χ2n) is 3.46. The zero-order chi connectivity index (χ0) is 9.97. The van der Waals surface area contributed by atoms with E-state index in [9.17, 15) is 4.79 Å². The summed E-state index contributed by atoms with van der Waals surface area (Å²) >= 11 is 0. The van der Waals surface area contributed by atoms with Crippen LogP contribution in [0.4, 0.5) is 0 Å². The van der Waals surface area contributed by atoms with Crippen LogP contribution in [-0.2, 0) is 0 Å². The zero-order valence-electron chi connectivity index (χ0n) is 7.90. The summed E-state index contributed by atoms with van der Waals surface area (Å²) in [4.78, 5) is 13.6. The number of amides is 1. The Kier molecular flexibility index (Phi) is 2.40. The van der Waals surface area contributed by atoms with Crippen LogP contribution in [0.2, 0.25) is 0 Å². The molecule has 1 atom stereocenters. The lowest BCUT2D eigenvalue weighted by Crippen LogP contribution is -2.37. The quantitative estimate of drug-likeness (QED) is 0.609. The maximum absolute atomic E-state index is 11.5. The summed E-state index contributed by atoms with van der Waals surface area (Å²) in [6.07, 6.45) is 0.972. The van der Waals surface area contributed by atoms with Crippen molar-refractivity contribution in [3.05, 3.63) is 5.82 Å². The van der Waals surface area contributed by atoms with Crippen LogP contribution in [0, 0.1) is 0 Å². The lowest BCUT2D eigenvalue weighted by atomic mass is 10.2. The van der Waals surface area contributed by atoms with Gasteiger partial charge in [0.25, 0.3) is 11.7 Å². The lowest BCUT2D eigenvalue weighted by molar-refractivity contribution is 0.0928. The molecule has 1 aromatic heterocycles. The first-order valence-corrected chi connectivity index (χ1v) is 4.48. The van der Waals surface area contributed by atoms with E-state index < -0.39 is 0 Å². The average molecular weight is 196 g/mol. The molecule has 1 fully saturated rings. The van der Waals surface area contributed by atoms with Crippen LogP contribution < -0.4 is 5.32 Å². The van der Waals surface area contributed by atoms with Gasteiger partial charge in [-0.05, 0) is 25.2 Å². The Bertz CT molecular complexity index is 310. The van der Waals surface area contributed by atoms with Gasteiger partial charge in [-0.1, -0.05) is 0 Å². The third-order valence-corrected chi connectivity index (χ3v) is 2.27. The number of aromatic amines is 1.